The molecule has 9 heteroatoms. The third-order valence-corrected chi connectivity index (χ3v) is 6.91. The van der Waals surface area contributed by atoms with Gasteiger partial charge in [0, 0.05) is 25.3 Å². The summed E-state index contributed by atoms with van der Waals surface area (Å²) < 4.78 is 17.4. The predicted molar refractivity (Wildman–Crippen MR) is 137 cm³/mol. The number of rotatable bonds is 10. The number of aryl methyl sites for hydroxylation is 1. The minimum atomic E-state index is -0.915. The zero-order chi connectivity index (χ0) is 25.3. The highest BCUT2D eigenvalue weighted by atomic mass is 79.9. The van der Waals surface area contributed by atoms with Crippen LogP contribution in [-0.4, -0.2) is 67.7 Å². The molecule has 36 heavy (non-hydrogen) atoms. The first-order valence-corrected chi connectivity index (χ1v) is 13.1. The lowest BCUT2D eigenvalue weighted by Crippen LogP contribution is -2.57. The first kappa shape index (κ1) is 26.2. The number of ether oxygens (including phenoxy) is 3. The van der Waals surface area contributed by atoms with Crippen LogP contribution in [0.4, 0.5) is 0 Å². The first-order valence-electron chi connectivity index (χ1n) is 12.3. The fraction of sp³-hybridized carbons (Fsp3) is 0.444. The number of hydrogen-bond donors (Lipinski definition) is 1. The fourth-order valence-electron chi connectivity index (χ4n) is 4.36. The molecule has 8 nitrogen and oxygen atoms in total. The molecule has 0 spiro atoms. The maximum Gasteiger partial charge on any atom is 0.308 e. The van der Waals surface area contributed by atoms with Crippen LogP contribution in [0.25, 0.3) is 0 Å². The van der Waals surface area contributed by atoms with Crippen LogP contribution < -0.4 is 10.1 Å². The molecule has 0 aromatic heterocycles. The van der Waals surface area contributed by atoms with Crippen LogP contribution in [0.1, 0.15) is 41.6 Å². The van der Waals surface area contributed by atoms with Gasteiger partial charge in [0.1, 0.15) is 18.4 Å². The van der Waals surface area contributed by atoms with E-state index in [-0.39, 0.29) is 30.9 Å². The van der Waals surface area contributed by atoms with Crippen LogP contribution in [0.3, 0.4) is 0 Å². The lowest BCUT2D eigenvalue weighted by Gasteiger charge is -2.34. The van der Waals surface area contributed by atoms with Gasteiger partial charge in [0.15, 0.2) is 0 Å². The van der Waals surface area contributed by atoms with E-state index in [0.29, 0.717) is 41.9 Å². The minimum Gasteiger partial charge on any atom is -0.490 e. The number of nitrogens with zero attached hydrogens (tertiary/aromatic N) is 1. The standard InChI is InChI=1S/C27H31BrN2O6/c28-22-16-20(10-11-24(22)36-18-21-9-5-14-34-21)27(33)30-13-12-29-26(32)23(30)17-25(31)35-15-4-8-19-6-2-1-3-7-19/h1-3,6-7,10-11,16,21,23H,4-5,8-9,12-15,17-18H2,(H,29,32). The number of piperazine rings is 1. The molecule has 4 rings (SSSR count). The summed E-state index contributed by atoms with van der Waals surface area (Å²) in [6.07, 6.45) is 3.39. The van der Waals surface area contributed by atoms with Crippen LogP contribution in [0.5, 0.6) is 5.75 Å². The molecule has 2 aromatic carbocycles. The number of halogens is 1. The molecule has 1 N–H and O–H groups in total. The first-order chi connectivity index (χ1) is 17.5. The van der Waals surface area contributed by atoms with Crippen molar-refractivity contribution >= 4 is 33.7 Å². The maximum absolute atomic E-state index is 13.3. The summed E-state index contributed by atoms with van der Waals surface area (Å²) in [5, 5.41) is 2.74. The largest absolute Gasteiger partial charge is 0.490 e. The number of carbonyl (C=O) groups excluding carboxylic acids is 3. The van der Waals surface area contributed by atoms with Crippen LogP contribution in [0.2, 0.25) is 0 Å². The van der Waals surface area contributed by atoms with Gasteiger partial charge >= 0.3 is 5.97 Å². The number of esters is 1. The second kappa shape index (κ2) is 12.9. The normalized spacial score (nSPS) is 19.6. The van der Waals surface area contributed by atoms with Gasteiger partial charge < -0.3 is 24.4 Å². The molecule has 2 aromatic rings. The number of nitrogens with one attached hydrogen (secondary N) is 1. The van der Waals surface area contributed by atoms with Gasteiger partial charge in [0.25, 0.3) is 5.91 Å². The van der Waals surface area contributed by atoms with Crippen LogP contribution in [0, 0.1) is 0 Å². The van der Waals surface area contributed by atoms with Gasteiger partial charge in [-0.1, -0.05) is 30.3 Å². The zero-order valence-corrected chi connectivity index (χ0v) is 21.7. The van der Waals surface area contributed by atoms with Crippen LogP contribution in [-0.2, 0) is 25.5 Å². The van der Waals surface area contributed by atoms with E-state index in [2.05, 4.69) is 21.2 Å². The molecule has 2 heterocycles. The van der Waals surface area contributed by atoms with Gasteiger partial charge in [0.2, 0.25) is 5.91 Å². The molecule has 2 aliphatic rings. The highest BCUT2D eigenvalue weighted by Crippen LogP contribution is 2.28. The molecule has 2 atom stereocenters. The summed E-state index contributed by atoms with van der Waals surface area (Å²) in [6, 6.07) is 14.1. The van der Waals surface area contributed by atoms with E-state index >= 15 is 0 Å². The Hall–Kier alpha value is -2.91. The van der Waals surface area contributed by atoms with Gasteiger partial charge in [-0.25, -0.2) is 0 Å². The monoisotopic (exact) mass is 558 g/mol. The van der Waals surface area contributed by atoms with Crippen molar-refractivity contribution < 1.29 is 28.6 Å². The average Bonchev–Trinajstić information content (AvgIpc) is 3.41. The Bertz CT molecular complexity index is 1060. The predicted octanol–water partition coefficient (Wildman–Crippen LogP) is 3.51. The molecule has 2 saturated heterocycles. The van der Waals surface area contributed by atoms with E-state index in [1.807, 2.05) is 30.3 Å². The number of benzene rings is 2. The molecule has 0 saturated carbocycles. The van der Waals surface area contributed by atoms with Gasteiger partial charge in [-0.15, -0.1) is 0 Å². The lowest BCUT2D eigenvalue weighted by atomic mass is 10.1. The Labute approximate surface area is 219 Å². The molecule has 2 amide bonds. The number of carbonyl (C=O) groups is 3. The van der Waals surface area contributed by atoms with Gasteiger partial charge in [0.05, 0.1) is 23.6 Å². The second-order valence-electron chi connectivity index (χ2n) is 8.91. The topological polar surface area (TPSA) is 94.2 Å². The summed E-state index contributed by atoms with van der Waals surface area (Å²) in [7, 11) is 0. The van der Waals surface area contributed by atoms with Crippen molar-refractivity contribution in [3.8, 4) is 5.75 Å². The summed E-state index contributed by atoms with van der Waals surface area (Å²) in [5.41, 5.74) is 1.58. The van der Waals surface area contributed by atoms with Gasteiger partial charge in [-0.3, -0.25) is 14.4 Å². The van der Waals surface area contributed by atoms with Crippen molar-refractivity contribution in [2.24, 2.45) is 0 Å². The summed E-state index contributed by atoms with van der Waals surface area (Å²) >= 11 is 3.48. The van der Waals surface area contributed by atoms with Crippen molar-refractivity contribution in [1.29, 1.82) is 0 Å². The molecule has 192 valence electrons. The van der Waals surface area contributed by atoms with Crippen molar-refractivity contribution in [2.45, 2.75) is 44.2 Å². The van der Waals surface area contributed by atoms with Gasteiger partial charge in [-0.2, -0.15) is 0 Å². The van der Waals surface area contributed by atoms with E-state index in [9.17, 15) is 14.4 Å². The van der Waals surface area contributed by atoms with E-state index in [0.717, 1.165) is 25.9 Å². The molecular formula is C27H31BrN2O6. The van der Waals surface area contributed by atoms with Crippen molar-refractivity contribution in [1.82, 2.24) is 10.2 Å². The second-order valence-corrected chi connectivity index (χ2v) is 9.76. The Balaban J connectivity index is 1.32. The number of hydrogen-bond acceptors (Lipinski definition) is 6. The van der Waals surface area contributed by atoms with Crippen LogP contribution in [0.15, 0.2) is 53.0 Å². The zero-order valence-electron chi connectivity index (χ0n) is 20.1. The Kier molecular flexibility index (Phi) is 9.35. The highest BCUT2D eigenvalue weighted by Gasteiger charge is 2.35. The summed E-state index contributed by atoms with van der Waals surface area (Å²) in [4.78, 5) is 39.8. The minimum absolute atomic E-state index is 0.0870. The van der Waals surface area contributed by atoms with Crippen molar-refractivity contribution in [2.75, 3.05) is 32.9 Å². The molecule has 0 radical (unpaired) electrons. The smallest absolute Gasteiger partial charge is 0.308 e. The third kappa shape index (κ3) is 7.07. The maximum atomic E-state index is 13.3. The highest BCUT2D eigenvalue weighted by molar-refractivity contribution is 9.10. The van der Waals surface area contributed by atoms with E-state index in [4.69, 9.17) is 14.2 Å². The Morgan fingerprint density at radius 2 is 2.00 bits per heavy atom. The van der Waals surface area contributed by atoms with E-state index < -0.39 is 12.0 Å². The molecule has 2 unspecified atom stereocenters. The van der Waals surface area contributed by atoms with Gasteiger partial charge in [-0.05, 0) is 65.4 Å². The average molecular weight is 559 g/mol. The number of amides is 2. The molecule has 0 bridgehead atoms. The van der Waals surface area contributed by atoms with Crippen molar-refractivity contribution in [3.05, 3.63) is 64.1 Å². The van der Waals surface area contributed by atoms with E-state index in [1.54, 1.807) is 18.2 Å². The van der Waals surface area contributed by atoms with Crippen molar-refractivity contribution in [3.63, 3.8) is 0 Å². The lowest BCUT2D eigenvalue weighted by molar-refractivity contribution is -0.147. The van der Waals surface area contributed by atoms with E-state index in [1.165, 1.54) is 10.5 Å². The molecular weight excluding hydrogens is 528 g/mol. The molecule has 2 fully saturated rings. The third-order valence-electron chi connectivity index (χ3n) is 6.29. The quantitative estimate of drug-likeness (QED) is 0.354. The fourth-order valence-corrected chi connectivity index (χ4v) is 4.85. The Morgan fingerprint density at radius 1 is 1.17 bits per heavy atom. The molecule has 2 aliphatic heterocycles. The SMILES string of the molecule is O=C(CC1C(=O)NCCN1C(=O)c1ccc(OCC2CCCO2)c(Br)c1)OCCCc1ccccc1. The Morgan fingerprint density at radius 3 is 2.75 bits per heavy atom. The van der Waals surface area contributed by atoms with Crippen LogP contribution >= 0.6 is 15.9 Å². The molecule has 0 aliphatic carbocycles. The summed E-state index contributed by atoms with van der Waals surface area (Å²) in [6.45, 7) is 2.11. The summed E-state index contributed by atoms with van der Waals surface area (Å²) in [5.74, 6) is -0.555.